The summed E-state index contributed by atoms with van der Waals surface area (Å²) < 4.78 is 11.0. The molecule has 0 bridgehead atoms. The van der Waals surface area contributed by atoms with E-state index >= 15 is 0 Å². The van der Waals surface area contributed by atoms with Crippen molar-refractivity contribution in [2.24, 2.45) is 5.92 Å². The number of carbonyl (C=O) groups excluding carboxylic acids is 1. The number of hydrogen-bond donors (Lipinski definition) is 0. The van der Waals surface area contributed by atoms with E-state index in [0.717, 1.165) is 5.75 Å². The highest BCUT2D eigenvalue weighted by Crippen LogP contribution is 2.31. The molecular formula is C19H27NO3. The highest BCUT2D eigenvalue weighted by molar-refractivity contribution is 5.89. The van der Waals surface area contributed by atoms with Crippen LogP contribution in [0.1, 0.15) is 49.4 Å². The molecule has 0 aliphatic carbocycles. The Balaban J connectivity index is 1.53. The Morgan fingerprint density at radius 2 is 1.91 bits per heavy atom. The lowest BCUT2D eigenvalue weighted by molar-refractivity contribution is 0.00739. The van der Waals surface area contributed by atoms with Crippen LogP contribution in [0, 0.1) is 5.92 Å². The molecule has 3 rings (SSSR count). The molecule has 2 fully saturated rings. The molecule has 1 aromatic carbocycles. The van der Waals surface area contributed by atoms with Crippen molar-refractivity contribution in [2.45, 2.75) is 45.1 Å². The fourth-order valence-electron chi connectivity index (χ4n) is 3.89. The molecule has 126 valence electrons. The van der Waals surface area contributed by atoms with Gasteiger partial charge in [0.1, 0.15) is 5.75 Å². The topological polar surface area (TPSA) is 38.8 Å². The first-order valence-electron chi connectivity index (χ1n) is 8.92. The quantitative estimate of drug-likeness (QED) is 0.779. The van der Waals surface area contributed by atoms with Crippen molar-refractivity contribution in [3.8, 4) is 5.75 Å². The lowest BCUT2D eigenvalue weighted by Gasteiger charge is -2.44. The zero-order valence-electron chi connectivity index (χ0n) is 14.0. The first-order valence-corrected chi connectivity index (χ1v) is 8.92. The van der Waals surface area contributed by atoms with E-state index in [1.54, 1.807) is 12.1 Å². The number of fused-ring (bicyclic) bond motifs is 1. The van der Waals surface area contributed by atoms with Crippen molar-refractivity contribution < 1.29 is 14.3 Å². The van der Waals surface area contributed by atoms with Crippen LogP contribution in [0.25, 0.3) is 0 Å². The minimum absolute atomic E-state index is 0.221. The largest absolute Gasteiger partial charge is 0.494 e. The second-order valence-electron chi connectivity index (χ2n) is 6.56. The van der Waals surface area contributed by atoms with Crippen LogP contribution in [-0.2, 0) is 4.74 Å². The molecular weight excluding hydrogens is 290 g/mol. The molecule has 2 unspecified atom stereocenters. The Labute approximate surface area is 138 Å². The molecule has 0 N–H and O–H groups in total. The van der Waals surface area contributed by atoms with Gasteiger partial charge in [-0.25, -0.2) is 4.79 Å². The molecule has 2 aliphatic rings. The van der Waals surface area contributed by atoms with Gasteiger partial charge in [0, 0.05) is 12.0 Å². The zero-order valence-corrected chi connectivity index (χ0v) is 14.0. The smallest absolute Gasteiger partial charge is 0.338 e. The summed E-state index contributed by atoms with van der Waals surface area (Å²) >= 11 is 0. The van der Waals surface area contributed by atoms with Crippen LogP contribution >= 0.6 is 0 Å². The van der Waals surface area contributed by atoms with Gasteiger partial charge in [-0.15, -0.1) is 0 Å². The van der Waals surface area contributed by atoms with Crippen molar-refractivity contribution in [2.75, 3.05) is 26.3 Å². The molecule has 23 heavy (non-hydrogen) atoms. The van der Waals surface area contributed by atoms with Crippen LogP contribution < -0.4 is 4.74 Å². The third-order valence-electron chi connectivity index (χ3n) is 5.06. The predicted molar refractivity (Wildman–Crippen MR) is 89.8 cm³/mol. The van der Waals surface area contributed by atoms with Gasteiger partial charge in [-0.1, -0.05) is 6.42 Å². The molecule has 2 aliphatic heterocycles. The summed E-state index contributed by atoms with van der Waals surface area (Å²) in [6.07, 6.45) is 6.28. The number of ether oxygens (including phenoxy) is 2. The van der Waals surface area contributed by atoms with Gasteiger partial charge in [0.25, 0.3) is 0 Å². The maximum absolute atomic E-state index is 12.2. The van der Waals surface area contributed by atoms with Crippen LogP contribution in [0.3, 0.4) is 0 Å². The Morgan fingerprint density at radius 1 is 1.13 bits per heavy atom. The van der Waals surface area contributed by atoms with E-state index in [1.165, 1.54) is 45.2 Å². The zero-order chi connectivity index (χ0) is 16.1. The molecule has 0 saturated carbocycles. The Hall–Kier alpha value is -1.55. The molecule has 2 atom stereocenters. The highest BCUT2D eigenvalue weighted by atomic mass is 16.5. The number of hydrogen-bond acceptors (Lipinski definition) is 4. The van der Waals surface area contributed by atoms with E-state index in [4.69, 9.17) is 9.47 Å². The van der Waals surface area contributed by atoms with Crippen molar-refractivity contribution in [1.29, 1.82) is 0 Å². The van der Waals surface area contributed by atoms with Gasteiger partial charge < -0.3 is 9.47 Å². The lowest BCUT2D eigenvalue weighted by Crippen LogP contribution is -2.49. The second kappa shape index (κ2) is 7.82. The van der Waals surface area contributed by atoms with Crippen molar-refractivity contribution in [1.82, 2.24) is 4.90 Å². The summed E-state index contributed by atoms with van der Waals surface area (Å²) in [5.74, 6) is 1.06. The van der Waals surface area contributed by atoms with Crippen LogP contribution in [0.15, 0.2) is 24.3 Å². The Bertz CT molecular complexity index is 512. The SMILES string of the molecule is CCOc1ccc(C(=O)OCC2CCCN3CCCCC23)cc1. The minimum Gasteiger partial charge on any atom is -0.494 e. The number of rotatable bonds is 5. The number of benzene rings is 1. The summed E-state index contributed by atoms with van der Waals surface area (Å²) in [5, 5.41) is 0. The first-order chi connectivity index (χ1) is 11.3. The van der Waals surface area contributed by atoms with Crippen LogP contribution in [0.2, 0.25) is 0 Å². The molecule has 2 saturated heterocycles. The molecule has 1 aromatic rings. The molecule has 0 spiro atoms. The fraction of sp³-hybridized carbons (Fsp3) is 0.632. The molecule has 0 radical (unpaired) electrons. The number of esters is 1. The van der Waals surface area contributed by atoms with Crippen LogP contribution in [-0.4, -0.2) is 43.2 Å². The summed E-state index contributed by atoms with van der Waals surface area (Å²) in [4.78, 5) is 14.8. The van der Waals surface area contributed by atoms with Gasteiger partial charge in [-0.05, 0) is 70.0 Å². The van der Waals surface area contributed by atoms with Gasteiger partial charge >= 0.3 is 5.97 Å². The maximum Gasteiger partial charge on any atom is 0.338 e. The molecule has 2 heterocycles. The number of carbonyl (C=O) groups is 1. The van der Waals surface area contributed by atoms with E-state index in [-0.39, 0.29) is 5.97 Å². The molecule has 4 heteroatoms. The molecule has 0 aromatic heterocycles. The second-order valence-corrected chi connectivity index (χ2v) is 6.56. The first kappa shape index (κ1) is 16.3. The van der Waals surface area contributed by atoms with Crippen molar-refractivity contribution >= 4 is 5.97 Å². The standard InChI is InChI=1S/C19H27NO3/c1-2-22-17-10-8-15(9-11-17)19(21)23-14-16-6-5-13-20-12-4-3-7-18(16)20/h8-11,16,18H,2-7,12-14H2,1H3. The average molecular weight is 317 g/mol. The number of nitrogens with zero attached hydrogens (tertiary/aromatic N) is 1. The molecule has 0 amide bonds. The lowest BCUT2D eigenvalue weighted by atomic mass is 9.84. The fourth-order valence-corrected chi connectivity index (χ4v) is 3.89. The van der Waals surface area contributed by atoms with Gasteiger partial charge in [0.2, 0.25) is 0 Å². The van der Waals surface area contributed by atoms with E-state index in [9.17, 15) is 4.79 Å². The summed E-state index contributed by atoms with van der Waals surface area (Å²) in [7, 11) is 0. The predicted octanol–water partition coefficient (Wildman–Crippen LogP) is 3.51. The maximum atomic E-state index is 12.2. The van der Waals surface area contributed by atoms with E-state index < -0.39 is 0 Å². The minimum atomic E-state index is -0.221. The van der Waals surface area contributed by atoms with E-state index in [1.807, 2.05) is 19.1 Å². The van der Waals surface area contributed by atoms with Crippen molar-refractivity contribution in [3.05, 3.63) is 29.8 Å². The highest BCUT2D eigenvalue weighted by Gasteiger charge is 2.33. The Morgan fingerprint density at radius 3 is 2.70 bits per heavy atom. The van der Waals surface area contributed by atoms with Crippen molar-refractivity contribution in [3.63, 3.8) is 0 Å². The average Bonchev–Trinajstić information content (AvgIpc) is 2.60. The molecule has 4 nitrogen and oxygen atoms in total. The summed E-state index contributed by atoms with van der Waals surface area (Å²) in [6, 6.07) is 7.82. The third-order valence-corrected chi connectivity index (χ3v) is 5.06. The van der Waals surface area contributed by atoms with Gasteiger partial charge in [0.05, 0.1) is 18.8 Å². The normalized spacial score (nSPS) is 24.7. The monoisotopic (exact) mass is 317 g/mol. The number of piperidine rings is 2. The van der Waals surface area contributed by atoms with Crippen LogP contribution in [0.4, 0.5) is 0 Å². The van der Waals surface area contributed by atoms with Gasteiger partial charge in [-0.3, -0.25) is 4.90 Å². The van der Waals surface area contributed by atoms with Gasteiger partial charge in [0.15, 0.2) is 0 Å². The van der Waals surface area contributed by atoms with E-state index in [0.29, 0.717) is 30.7 Å². The van der Waals surface area contributed by atoms with Gasteiger partial charge in [-0.2, -0.15) is 0 Å². The summed E-state index contributed by atoms with van der Waals surface area (Å²) in [6.45, 7) is 5.56. The summed E-state index contributed by atoms with van der Waals surface area (Å²) in [5.41, 5.74) is 0.602. The van der Waals surface area contributed by atoms with E-state index in [2.05, 4.69) is 4.90 Å². The van der Waals surface area contributed by atoms with Crippen LogP contribution in [0.5, 0.6) is 5.75 Å². The Kier molecular flexibility index (Phi) is 5.55. The third kappa shape index (κ3) is 4.05.